The van der Waals surface area contributed by atoms with E-state index >= 15 is 0 Å². The Morgan fingerprint density at radius 1 is 0.533 bits per heavy atom. The molecule has 0 spiro atoms. The van der Waals surface area contributed by atoms with E-state index in [1.165, 1.54) is 22.5 Å². The van der Waals surface area contributed by atoms with Crippen molar-refractivity contribution in [2.45, 2.75) is 13.1 Å². The monoisotopic (exact) mass is 628 g/mol. The Morgan fingerprint density at radius 2 is 0.844 bits per heavy atom. The molecule has 11 heteroatoms. The van der Waals surface area contributed by atoms with Gasteiger partial charge < -0.3 is 20.4 Å². The second-order valence-corrected chi connectivity index (χ2v) is 11.2. The van der Waals surface area contributed by atoms with Gasteiger partial charge in [-0.25, -0.2) is 0 Å². The largest absolute Gasteiger partial charge is 0.394 e. The molecule has 0 atom stereocenters. The molecule has 45 heavy (non-hydrogen) atoms. The third-order valence-electron chi connectivity index (χ3n) is 6.84. The Bertz CT molecular complexity index is 1470. The third kappa shape index (κ3) is 12.8. The van der Waals surface area contributed by atoms with Crippen LogP contribution in [-0.2, 0) is 23.5 Å². The highest BCUT2D eigenvalue weighted by Crippen LogP contribution is 2.18. The van der Waals surface area contributed by atoms with E-state index in [-0.39, 0.29) is 0 Å². The summed E-state index contributed by atoms with van der Waals surface area (Å²) in [5.74, 6) is 2.18. The number of rotatable bonds is 10. The van der Waals surface area contributed by atoms with Gasteiger partial charge in [-0.05, 0) is 35.4 Å². The predicted molar refractivity (Wildman–Crippen MR) is 183 cm³/mol. The van der Waals surface area contributed by atoms with Crippen molar-refractivity contribution in [1.29, 1.82) is 0 Å². The fourth-order valence-electron chi connectivity index (χ4n) is 4.83. The standard InChI is InChI=1S/2C17H19N3.H2O4S/c2*1-3-7-15(8-4-1)13-20(14-17-18-11-12-19-17)16-9-5-2-6-10-16;1-5(2,3)4/h2*1-10H,11-14H2,(H,18,19);(H2,1,2,3,4). The lowest BCUT2D eigenvalue weighted by Crippen LogP contribution is -2.34. The molecule has 6 rings (SSSR count). The van der Waals surface area contributed by atoms with Crippen molar-refractivity contribution in [3.05, 3.63) is 132 Å². The van der Waals surface area contributed by atoms with Gasteiger partial charge in [-0.2, -0.15) is 8.42 Å². The molecule has 236 valence electrons. The van der Waals surface area contributed by atoms with Gasteiger partial charge in [0.15, 0.2) is 0 Å². The molecule has 2 aliphatic heterocycles. The number of anilines is 2. The zero-order chi connectivity index (χ0) is 31.7. The van der Waals surface area contributed by atoms with Gasteiger partial charge in [0.2, 0.25) is 0 Å². The molecule has 0 bridgehead atoms. The predicted octanol–water partition coefficient (Wildman–Crippen LogP) is 4.74. The summed E-state index contributed by atoms with van der Waals surface area (Å²) in [5, 5.41) is 6.70. The molecule has 0 radical (unpaired) electrons. The molecular formula is C34H40N6O4S. The van der Waals surface area contributed by atoms with Gasteiger partial charge in [0.25, 0.3) is 0 Å². The van der Waals surface area contributed by atoms with E-state index in [0.717, 1.165) is 64.0 Å². The highest BCUT2D eigenvalue weighted by atomic mass is 32.3. The van der Waals surface area contributed by atoms with Gasteiger partial charge >= 0.3 is 10.4 Å². The van der Waals surface area contributed by atoms with Gasteiger partial charge in [0.05, 0.1) is 26.2 Å². The molecule has 0 saturated carbocycles. The van der Waals surface area contributed by atoms with Crippen LogP contribution < -0.4 is 20.4 Å². The molecule has 0 fully saturated rings. The first-order valence-corrected chi connectivity index (χ1v) is 16.2. The summed E-state index contributed by atoms with van der Waals surface area (Å²) in [5.41, 5.74) is 5.09. The van der Waals surface area contributed by atoms with Crippen LogP contribution in [0.25, 0.3) is 0 Å². The number of hydrogen-bond acceptors (Lipinski definition) is 8. The second kappa shape index (κ2) is 17.6. The number of nitrogens with one attached hydrogen (secondary N) is 2. The van der Waals surface area contributed by atoms with E-state index in [4.69, 9.17) is 17.5 Å². The number of nitrogens with zero attached hydrogens (tertiary/aromatic N) is 4. The Labute approximate surface area is 265 Å². The SMILES string of the molecule is O=S(=O)(O)O.c1ccc(CN(CC2=NCCN2)c2ccccc2)cc1.c1ccc(CN(CC2=NCCN2)c2ccccc2)cc1. The van der Waals surface area contributed by atoms with Crippen molar-refractivity contribution in [1.82, 2.24) is 10.6 Å². The van der Waals surface area contributed by atoms with E-state index in [1.807, 2.05) is 0 Å². The summed E-state index contributed by atoms with van der Waals surface area (Å²) < 4.78 is 31.6. The number of amidine groups is 2. The average Bonchev–Trinajstić information content (AvgIpc) is 3.77. The summed E-state index contributed by atoms with van der Waals surface area (Å²) in [6.07, 6.45) is 0. The van der Waals surface area contributed by atoms with Gasteiger partial charge in [-0.3, -0.25) is 19.1 Å². The summed E-state index contributed by atoms with van der Waals surface area (Å²) in [6, 6.07) is 42.2. The van der Waals surface area contributed by atoms with Crippen LogP contribution in [0, 0.1) is 0 Å². The molecule has 2 heterocycles. The third-order valence-corrected chi connectivity index (χ3v) is 6.84. The van der Waals surface area contributed by atoms with E-state index < -0.39 is 10.4 Å². The normalized spacial score (nSPS) is 13.5. The van der Waals surface area contributed by atoms with Crippen LogP contribution in [0.5, 0.6) is 0 Å². The second-order valence-electron chi connectivity index (χ2n) is 10.3. The molecule has 0 aliphatic carbocycles. The lowest BCUT2D eigenvalue weighted by molar-refractivity contribution is 0.381. The van der Waals surface area contributed by atoms with Crippen molar-refractivity contribution in [2.75, 3.05) is 49.1 Å². The summed E-state index contributed by atoms with van der Waals surface area (Å²) >= 11 is 0. The first kappa shape index (κ1) is 33.2. The van der Waals surface area contributed by atoms with E-state index in [1.54, 1.807) is 0 Å². The summed E-state index contributed by atoms with van der Waals surface area (Å²) in [7, 11) is -4.67. The van der Waals surface area contributed by atoms with Crippen molar-refractivity contribution in [3.8, 4) is 0 Å². The van der Waals surface area contributed by atoms with Crippen molar-refractivity contribution < 1.29 is 17.5 Å². The molecule has 4 aromatic carbocycles. The first-order valence-electron chi connectivity index (χ1n) is 14.8. The van der Waals surface area contributed by atoms with E-state index in [9.17, 15) is 0 Å². The minimum absolute atomic E-state index is 0.832. The fraction of sp³-hybridized carbons (Fsp3) is 0.235. The number of para-hydroxylation sites is 2. The Kier molecular flexibility index (Phi) is 12.9. The van der Waals surface area contributed by atoms with E-state index in [0.29, 0.717) is 0 Å². The van der Waals surface area contributed by atoms with Gasteiger partial charge in [-0.15, -0.1) is 0 Å². The molecular weight excluding hydrogens is 588 g/mol. The quantitative estimate of drug-likeness (QED) is 0.186. The smallest absolute Gasteiger partial charge is 0.370 e. The lowest BCUT2D eigenvalue weighted by Gasteiger charge is -2.25. The minimum Gasteiger partial charge on any atom is -0.370 e. The zero-order valence-corrected chi connectivity index (χ0v) is 25.9. The highest BCUT2D eigenvalue weighted by Gasteiger charge is 2.14. The molecule has 10 nitrogen and oxygen atoms in total. The molecule has 2 aliphatic rings. The Morgan fingerprint density at radius 3 is 1.13 bits per heavy atom. The molecule has 0 unspecified atom stereocenters. The highest BCUT2D eigenvalue weighted by molar-refractivity contribution is 7.79. The summed E-state index contributed by atoms with van der Waals surface area (Å²) in [6.45, 7) is 7.16. The number of aliphatic imine (C=N–C) groups is 2. The lowest BCUT2D eigenvalue weighted by atomic mass is 10.2. The Hall–Kier alpha value is -4.71. The average molecular weight is 629 g/mol. The van der Waals surface area contributed by atoms with Crippen molar-refractivity contribution in [2.24, 2.45) is 9.98 Å². The maximum Gasteiger partial charge on any atom is 0.394 e. The molecule has 4 N–H and O–H groups in total. The van der Waals surface area contributed by atoms with Crippen molar-refractivity contribution >= 4 is 33.4 Å². The minimum atomic E-state index is -4.67. The van der Waals surface area contributed by atoms with Crippen LogP contribution in [0.3, 0.4) is 0 Å². The van der Waals surface area contributed by atoms with Gasteiger partial charge in [0.1, 0.15) is 11.7 Å². The maximum absolute atomic E-state index is 8.74. The van der Waals surface area contributed by atoms with Crippen molar-refractivity contribution in [3.63, 3.8) is 0 Å². The fourth-order valence-corrected chi connectivity index (χ4v) is 4.83. The van der Waals surface area contributed by atoms with Crippen LogP contribution in [0.4, 0.5) is 11.4 Å². The zero-order valence-electron chi connectivity index (χ0n) is 25.1. The molecule has 0 aromatic heterocycles. The van der Waals surface area contributed by atoms with E-state index in [2.05, 4.69) is 152 Å². The van der Waals surface area contributed by atoms with Crippen LogP contribution in [0.2, 0.25) is 0 Å². The maximum atomic E-state index is 8.74. The van der Waals surface area contributed by atoms with Crippen LogP contribution >= 0.6 is 0 Å². The summed E-state index contributed by atoms with van der Waals surface area (Å²) in [4.78, 5) is 13.7. The number of benzene rings is 4. The molecule has 0 saturated heterocycles. The van der Waals surface area contributed by atoms with Gasteiger partial charge in [-0.1, -0.05) is 97.1 Å². The first-order chi connectivity index (χ1) is 21.8. The van der Waals surface area contributed by atoms with Gasteiger partial charge in [0, 0.05) is 37.6 Å². The molecule has 0 amide bonds. The topological polar surface area (TPSA) is 130 Å². The van der Waals surface area contributed by atoms with Crippen LogP contribution in [0.1, 0.15) is 11.1 Å². The molecule has 4 aromatic rings. The number of hydrogen-bond donors (Lipinski definition) is 4. The van der Waals surface area contributed by atoms with Crippen LogP contribution in [-0.4, -0.2) is 68.5 Å². The Balaban J connectivity index is 0.000000179. The van der Waals surface area contributed by atoms with Crippen LogP contribution in [0.15, 0.2) is 131 Å².